The van der Waals surface area contributed by atoms with Crippen molar-refractivity contribution in [1.29, 1.82) is 0 Å². The van der Waals surface area contributed by atoms with Crippen LogP contribution >= 0.6 is 0 Å². The summed E-state index contributed by atoms with van der Waals surface area (Å²) in [6.45, 7) is 1.83. The molecular formula is C20H26N2O5. The lowest BCUT2D eigenvalue weighted by atomic mass is 9.96. The average molecular weight is 374 g/mol. The molecule has 2 amide bonds. The maximum absolute atomic E-state index is 12.8. The molecule has 2 saturated heterocycles. The van der Waals surface area contributed by atoms with Gasteiger partial charge in [0.25, 0.3) is 5.91 Å². The molecule has 0 bridgehead atoms. The minimum Gasteiger partial charge on any atom is -0.480 e. The molecule has 27 heavy (non-hydrogen) atoms. The zero-order valence-electron chi connectivity index (χ0n) is 15.4. The van der Waals surface area contributed by atoms with Crippen LogP contribution in [-0.4, -0.2) is 53.6 Å². The summed E-state index contributed by atoms with van der Waals surface area (Å²) in [6, 6.07) is 5.94. The van der Waals surface area contributed by atoms with Crippen LogP contribution in [0.25, 0.3) is 0 Å². The van der Waals surface area contributed by atoms with E-state index in [0.29, 0.717) is 49.8 Å². The highest BCUT2D eigenvalue weighted by molar-refractivity contribution is 5.99. The second-order valence-electron chi connectivity index (χ2n) is 7.24. The van der Waals surface area contributed by atoms with Gasteiger partial charge in [-0.3, -0.25) is 9.59 Å². The molecule has 7 heteroatoms. The van der Waals surface area contributed by atoms with Crippen LogP contribution in [0.2, 0.25) is 0 Å². The highest BCUT2D eigenvalue weighted by Gasteiger charge is 2.32. The van der Waals surface area contributed by atoms with E-state index < -0.39 is 12.0 Å². The summed E-state index contributed by atoms with van der Waals surface area (Å²) in [5.41, 5.74) is 0.953. The van der Waals surface area contributed by atoms with Crippen molar-refractivity contribution in [2.45, 2.75) is 44.6 Å². The van der Waals surface area contributed by atoms with Gasteiger partial charge in [-0.2, -0.15) is 0 Å². The standard InChI is InChI=1S/C20H26N2O5/c23-18(12-14-7-10-27-11-8-14)21-16-5-3-4-15(13-16)19(24)22-9-2-1-6-17(22)20(25)26/h3-5,13-14,17H,1-2,6-12H2,(H,21,23)(H,25,26). The van der Waals surface area contributed by atoms with Crippen molar-refractivity contribution in [3.8, 4) is 0 Å². The number of hydrogen-bond acceptors (Lipinski definition) is 4. The SMILES string of the molecule is O=C(CC1CCOCC1)Nc1cccc(C(=O)N2CCCCC2C(=O)O)c1. The number of carbonyl (C=O) groups is 3. The Morgan fingerprint density at radius 2 is 1.93 bits per heavy atom. The number of anilines is 1. The van der Waals surface area contributed by atoms with Crippen molar-refractivity contribution in [2.75, 3.05) is 25.1 Å². The lowest BCUT2D eigenvalue weighted by Gasteiger charge is -2.33. The number of benzene rings is 1. The van der Waals surface area contributed by atoms with E-state index >= 15 is 0 Å². The van der Waals surface area contributed by atoms with Gasteiger partial charge in [0, 0.05) is 37.4 Å². The van der Waals surface area contributed by atoms with Gasteiger partial charge in [0.1, 0.15) is 6.04 Å². The van der Waals surface area contributed by atoms with E-state index in [0.717, 1.165) is 25.7 Å². The number of rotatable bonds is 5. The van der Waals surface area contributed by atoms with Gasteiger partial charge in [0.2, 0.25) is 5.91 Å². The third kappa shape index (κ3) is 5.07. The second kappa shape index (κ2) is 8.99. The molecule has 0 spiro atoms. The molecule has 0 aliphatic carbocycles. The smallest absolute Gasteiger partial charge is 0.326 e. The first-order valence-corrected chi connectivity index (χ1v) is 9.56. The van der Waals surface area contributed by atoms with Gasteiger partial charge in [0.05, 0.1) is 0 Å². The molecule has 1 atom stereocenters. The largest absolute Gasteiger partial charge is 0.480 e. The topological polar surface area (TPSA) is 95.9 Å². The number of piperidine rings is 1. The van der Waals surface area contributed by atoms with Crippen LogP contribution in [0.15, 0.2) is 24.3 Å². The second-order valence-corrected chi connectivity index (χ2v) is 7.24. The minimum atomic E-state index is -0.969. The van der Waals surface area contributed by atoms with Crippen LogP contribution in [0.4, 0.5) is 5.69 Å². The normalized spacial score (nSPS) is 20.9. The van der Waals surface area contributed by atoms with Gasteiger partial charge >= 0.3 is 5.97 Å². The van der Waals surface area contributed by atoms with Crippen molar-refractivity contribution >= 4 is 23.5 Å². The predicted molar refractivity (Wildman–Crippen MR) is 99.5 cm³/mol. The molecular weight excluding hydrogens is 348 g/mol. The zero-order valence-corrected chi connectivity index (χ0v) is 15.4. The van der Waals surface area contributed by atoms with Crippen molar-refractivity contribution < 1.29 is 24.2 Å². The number of ether oxygens (including phenoxy) is 1. The van der Waals surface area contributed by atoms with E-state index in [-0.39, 0.29) is 11.8 Å². The number of hydrogen-bond donors (Lipinski definition) is 2. The Morgan fingerprint density at radius 3 is 2.67 bits per heavy atom. The maximum atomic E-state index is 12.8. The van der Waals surface area contributed by atoms with E-state index in [2.05, 4.69) is 5.32 Å². The third-order valence-corrected chi connectivity index (χ3v) is 5.26. The lowest BCUT2D eigenvalue weighted by molar-refractivity contribution is -0.143. The first-order valence-electron chi connectivity index (χ1n) is 9.56. The van der Waals surface area contributed by atoms with Crippen LogP contribution in [0.1, 0.15) is 48.9 Å². The first-order chi connectivity index (χ1) is 13.0. The summed E-state index contributed by atoms with van der Waals surface area (Å²) < 4.78 is 5.31. The molecule has 2 aliphatic heterocycles. The van der Waals surface area contributed by atoms with Crippen molar-refractivity contribution in [3.05, 3.63) is 29.8 Å². The molecule has 2 N–H and O–H groups in total. The molecule has 0 radical (unpaired) electrons. The van der Waals surface area contributed by atoms with Crippen LogP contribution in [-0.2, 0) is 14.3 Å². The molecule has 1 aromatic carbocycles. The summed E-state index contributed by atoms with van der Waals surface area (Å²) in [7, 11) is 0. The Labute approximate surface area is 158 Å². The third-order valence-electron chi connectivity index (χ3n) is 5.26. The average Bonchev–Trinajstić information content (AvgIpc) is 2.68. The highest BCUT2D eigenvalue weighted by Crippen LogP contribution is 2.22. The molecule has 2 heterocycles. The quantitative estimate of drug-likeness (QED) is 0.826. The molecule has 7 nitrogen and oxygen atoms in total. The molecule has 146 valence electrons. The highest BCUT2D eigenvalue weighted by atomic mass is 16.5. The number of nitrogens with zero attached hydrogens (tertiary/aromatic N) is 1. The Balaban J connectivity index is 1.64. The number of carboxylic acid groups (broad SMARTS) is 1. The number of carbonyl (C=O) groups excluding carboxylic acids is 2. The van der Waals surface area contributed by atoms with Gasteiger partial charge in [-0.05, 0) is 56.2 Å². The van der Waals surface area contributed by atoms with Crippen molar-refractivity contribution in [2.24, 2.45) is 5.92 Å². The van der Waals surface area contributed by atoms with Crippen molar-refractivity contribution in [3.63, 3.8) is 0 Å². The summed E-state index contributed by atoms with van der Waals surface area (Å²) >= 11 is 0. The monoisotopic (exact) mass is 374 g/mol. The summed E-state index contributed by atoms with van der Waals surface area (Å²) in [6.07, 6.45) is 4.30. The molecule has 3 rings (SSSR count). The summed E-state index contributed by atoms with van der Waals surface area (Å²) in [5, 5.41) is 12.2. The first kappa shape index (κ1) is 19.4. The molecule has 0 saturated carbocycles. The van der Waals surface area contributed by atoms with Gasteiger partial charge in [-0.1, -0.05) is 6.07 Å². The molecule has 2 fully saturated rings. The van der Waals surface area contributed by atoms with E-state index in [4.69, 9.17) is 4.74 Å². The molecule has 1 aromatic rings. The van der Waals surface area contributed by atoms with Gasteiger partial charge < -0.3 is 20.1 Å². The minimum absolute atomic E-state index is 0.0760. The fourth-order valence-electron chi connectivity index (χ4n) is 3.75. The number of amides is 2. The molecule has 0 aromatic heterocycles. The van der Waals surface area contributed by atoms with E-state index in [1.54, 1.807) is 24.3 Å². The Bertz CT molecular complexity index is 699. The van der Waals surface area contributed by atoms with Crippen molar-refractivity contribution in [1.82, 2.24) is 4.90 Å². The fourth-order valence-corrected chi connectivity index (χ4v) is 3.75. The Kier molecular flexibility index (Phi) is 6.45. The van der Waals surface area contributed by atoms with Gasteiger partial charge in [-0.15, -0.1) is 0 Å². The number of likely N-dealkylation sites (tertiary alicyclic amines) is 1. The van der Waals surface area contributed by atoms with Gasteiger partial charge in [0.15, 0.2) is 0 Å². The van der Waals surface area contributed by atoms with E-state index in [9.17, 15) is 19.5 Å². The Morgan fingerprint density at radius 1 is 1.15 bits per heavy atom. The van der Waals surface area contributed by atoms with Gasteiger partial charge in [-0.25, -0.2) is 4.79 Å². The van der Waals surface area contributed by atoms with E-state index in [1.807, 2.05) is 0 Å². The molecule has 1 unspecified atom stereocenters. The lowest BCUT2D eigenvalue weighted by Crippen LogP contribution is -2.48. The zero-order chi connectivity index (χ0) is 19.2. The molecule has 2 aliphatic rings. The summed E-state index contributed by atoms with van der Waals surface area (Å²) in [5.74, 6) is -1.02. The van der Waals surface area contributed by atoms with Crippen LogP contribution in [0.5, 0.6) is 0 Å². The van der Waals surface area contributed by atoms with Crippen LogP contribution in [0.3, 0.4) is 0 Å². The maximum Gasteiger partial charge on any atom is 0.326 e. The number of nitrogens with one attached hydrogen (secondary N) is 1. The number of aliphatic carboxylic acids is 1. The Hall–Kier alpha value is -2.41. The number of carboxylic acids is 1. The van der Waals surface area contributed by atoms with Crippen LogP contribution < -0.4 is 5.32 Å². The predicted octanol–water partition coefficient (Wildman–Crippen LogP) is 2.52. The van der Waals surface area contributed by atoms with Crippen LogP contribution in [0, 0.1) is 5.92 Å². The van der Waals surface area contributed by atoms with E-state index in [1.165, 1.54) is 4.90 Å². The summed E-state index contributed by atoms with van der Waals surface area (Å²) in [4.78, 5) is 38.0. The fraction of sp³-hybridized carbons (Fsp3) is 0.550.